The minimum absolute atomic E-state index is 0.430. The van der Waals surface area contributed by atoms with Crippen molar-refractivity contribution < 1.29 is 5.11 Å². The fourth-order valence-corrected chi connectivity index (χ4v) is 2.18. The number of aliphatic hydroxyl groups is 1. The van der Waals surface area contributed by atoms with Gasteiger partial charge in [-0.3, -0.25) is 0 Å². The number of nitrogens with two attached hydrogens (primary N) is 1. The third-order valence-corrected chi connectivity index (χ3v) is 3.16. The van der Waals surface area contributed by atoms with E-state index in [1.54, 1.807) is 13.8 Å². The van der Waals surface area contributed by atoms with Crippen molar-refractivity contribution in [3.05, 3.63) is 30.1 Å². The molecular weight excluding hydrogens is 258 g/mol. The maximum Gasteiger partial charge on any atom is 0.116 e. The average molecular weight is 277 g/mol. The summed E-state index contributed by atoms with van der Waals surface area (Å²) in [4.78, 5) is 5.00. The smallest absolute Gasteiger partial charge is 0.116 e. The Kier molecular flexibility index (Phi) is 3.87. The maximum absolute atomic E-state index is 9.88. The Hall–Kier alpha value is -1.46. The summed E-state index contributed by atoms with van der Waals surface area (Å²) < 4.78 is 2.09. The molecule has 3 N–H and O–H groups in total. The van der Waals surface area contributed by atoms with E-state index in [0.717, 1.165) is 16.9 Å². The first kappa shape index (κ1) is 14.0. The largest absolute Gasteiger partial charge is 0.393 e. The van der Waals surface area contributed by atoms with E-state index < -0.39 is 5.60 Å². The van der Waals surface area contributed by atoms with Crippen LogP contribution in [0, 0.1) is 0 Å². The normalized spacial score (nSPS) is 11.9. The van der Waals surface area contributed by atoms with Crippen LogP contribution in [-0.4, -0.2) is 25.2 Å². The Labute approximate surface area is 118 Å². The molecule has 0 aliphatic heterocycles. The highest BCUT2D eigenvalue weighted by molar-refractivity contribution is 7.80. The van der Waals surface area contributed by atoms with Gasteiger partial charge in [0.1, 0.15) is 5.82 Å². The van der Waals surface area contributed by atoms with E-state index in [1.165, 1.54) is 0 Å². The molecule has 0 unspecified atom stereocenters. The first-order valence-corrected chi connectivity index (χ1v) is 6.72. The van der Waals surface area contributed by atoms with E-state index in [-0.39, 0.29) is 0 Å². The van der Waals surface area contributed by atoms with E-state index in [0.29, 0.717) is 24.4 Å². The minimum atomic E-state index is -0.703. The summed E-state index contributed by atoms with van der Waals surface area (Å²) in [5.74, 6) is 0.859. The third kappa shape index (κ3) is 3.52. The van der Waals surface area contributed by atoms with Crippen molar-refractivity contribution >= 4 is 28.2 Å². The van der Waals surface area contributed by atoms with Gasteiger partial charge < -0.3 is 15.4 Å². The monoisotopic (exact) mass is 277 g/mol. The minimum Gasteiger partial charge on any atom is -0.393 e. The lowest BCUT2D eigenvalue weighted by Crippen LogP contribution is -2.22. The number of rotatable bonds is 5. The van der Waals surface area contributed by atoms with Crippen LogP contribution in [-0.2, 0) is 13.0 Å². The summed E-state index contributed by atoms with van der Waals surface area (Å²) in [5.41, 5.74) is 6.91. The number of thiocarbonyl (C=S) groups is 1. The van der Waals surface area contributed by atoms with Crippen LogP contribution in [0.15, 0.2) is 24.3 Å². The highest BCUT2D eigenvalue weighted by Gasteiger charge is 2.16. The lowest BCUT2D eigenvalue weighted by molar-refractivity contribution is 0.0664. The van der Waals surface area contributed by atoms with Crippen molar-refractivity contribution in [1.82, 2.24) is 9.55 Å². The topological polar surface area (TPSA) is 64.1 Å². The molecule has 0 saturated heterocycles. The quantitative estimate of drug-likeness (QED) is 0.821. The summed E-state index contributed by atoms with van der Waals surface area (Å²) >= 11 is 4.97. The van der Waals surface area contributed by atoms with Crippen LogP contribution < -0.4 is 5.73 Å². The van der Waals surface area contributed by atoms with Crippen molar-refractivity contribution in [3.63, 3.8) is 0 Å². The summed E-state index contributed by atoms with van der Waals surface area (Å²) in [6.45, 7) is 4.31. The Balaban J connectivity index is 2.39. The van der Waals surface area contributed by atoms with E-state index in [9.17, 15) is 5.11 Å². The summed E-state index contributed by atoms with van der Waals surface area (Å²) in [5, 5.41) is 9.88. The van der Waals surface area contributed by atoms with Crippen molar-refractivity contribution in [1.29, 1.82) is 0 Å². The second-order valence-corrected chi connectivity index (χ2v) is 5.90. The number of hydrogen-bond acceptors (Lipinski definition) is 3. The van der Waals surface area contributed by atoms with E-state index >= 15 is 0 Å². The zero-order valence-corrected chi connectivity index (χ0v) is 12.1. The standard InChI is InChI=1S/C14H19N3OS/c1-14(2,18)7-8-17-11-6-4-3-5-10(11)16-13(17)9-12(15)19/h3-6,18H,7-9H2,1-2H3,(H2,15,19). The second-order valence-electron chi connectivity index (χ2n) is 5.37. The molecule has 1 heterocycles. The molecular formula is C14H19N3OS. The molecule has 19 heavy (non-hydrogen) atoms. The van der Waals surface area contributed by atoms with E-state index in [1.807, 2.05) is 24.3 Å². The van der Waals surface area contributed by atoms with E-state index in [4.69, 9.17) is 18.0 Å². The lowest BCUT2D eigenvalue weighted by Gasteiger charge is -2.18. The van der Waals surface area contributed by atoms with Gasteiger partial charge in [-0.15, -0.1) is 0 Å². The van der Waals surface area contributed by atoms with Gasteiger partial charge in [-0.05, 0) is 32.4 Å². The first-order chi connectivity index (χ1) is 8.87. The Morgan fingerprint density at radius 2 is 2.11 bits per heavy atom. The van der Waals surface area contributed by atoms with Gasteiger partial charge in [0, 0.05) is 6.54 Å². The Bertz CT molecular complexity index is 598. The van der Waals surface area contributed by atoms with Gasteiger partial charge in [0.25, 0.3) is 0 Å². The SMILES string of the molecule is CC(C)(O)CCn1c(CC(N)=S)nc2ccccc21. The van der Waals surface area contributed by atoms with Gasteiger partial charge in [-0.25, -0.2) is 4.98 Å². The van der Waals surface area contributed by atoms with Gasteiger partial charge in [0.2, 0.25) is 0 Å². The molecule has 1 aromatic heterocycles. The molecule has 0 atom stereocenters. The molecule has 0 aliphatic rings. The van der Waals surface area contributed by atoms with Crippen LogP contribution in [0.25, 0.3) is 11.0 Å². The first-order valence-electron chi connectivity index (χ1n) is 6.32. The van der Waals surface area contributed by atoms with Crippen molar-refractivity contribution in [2.24, 2.45) is 5.73 Å². The molecule has 4 nitrogen and oxygen atoms in total. The summed E-state index contributed by atoms with van der Waals surface area (Å²) in [6, 6.07) is 7.93. The summed E-state index contributed by atoms with van der Waals surface area (Å²) in [6.07, 6.45) is 1.13. The molecule has 0 spiro atoms. The summed E-state index contributed by atoms with van der Waals surface area (Å²) in [7, 11) is 0. The lowest BCUT2D eigenvalue weighted by atomic mass is 10.1. The number of para-hydroxylation sites is 2. The maximum atomic E-state index is 9.88. The van der Waals surface area contributed by atoms with Crippen LogP contribution in [0.5, 0.6) is 0 Å². The van der Waals surface area contributed by atoms with Crippen LogP contribution in [0.3, 0.4) is 0 Å². The molecule has 2 aromatic rings. The van der Waals surface area contributed by atoms with Gasteiger partial charge >= 0.3 is 0 Å². The van der Waals surface area contributed by atoms with Gasteiger partial charge in [-0.1, -0.05) is 24.4 Å². The average Bonchev–Trinajstić information content (AvgIpc) is 2.61. The van der Waals surface area contributed by atoms with E-state index in [2.05, 4.69) is 9.55 Å². The molecule has 0 radical (unpaired) electrons. The zero-order chi connectivity index (χ0) is 14.0. The van der Waals surface area contributed by atoms with Crippen LogP contribution in [0.4, 0.5) is 0 Å². The number of imidazole rings is 1. The van der Waals surface area contributed by atoms with Gasteiger partial charge in [0.05, 0.1) is 28.0 Å². The molecule has 0 aliphatic carbocycles. The molecule has 1 aromatic carbocycles. The van der Waals surface area contributed by atoms with Crippen LogP contribution >= 0.6 is 12.2 Å². The number of benzene rings is 1. The van der Waals surface area contributed by atoms with Gasteiger partial charge in [0.15, 0.2) is 0 Å². The van der Waals surface area contributed by atoms with Crippen molar-refractivity contribution in [2.75, 3.05) is 0 Å². The van der Waals surface area contributed by atoms with Crippen molar-refractivity contribution in [3.8, 4) is 0 Å². The van der Waals surface area contributed by atoms with Crippen molar-refractivity contribution in [2.45, 2.75) is 38.8 Å². The highest BCUT2D eigenvalue weighted by Crippen LogP contribution is 2.19. The molecule has 102 valence electrons. The Morgan fingerprint density at radius 3 is 2.74 bits per heavy atom. The predicted octanol–water partition coefficient (Wildman–Crippen LogP) is 2.03. The molecule has 0 amide bonds. The number of hydrogen-bond donors (Lipinski definition) is 2. The predicted molar refractivity (Wildman–Crippen MR) is 81.1 cm³/mol. The number of nitrogens with zero attached hydrogens (tertiary/aromatic N) is 2. The fourth-order valence-electron chi connectivity index (χ4n) is 2.05. The molecule has 0 fully saturated rings. The molecule has 0 saturated carbocycles. The number of aryl methyl sites for hydroxylation is 1. The van der Waals surface area contributed by atoms with Crippen LogP contribution in [0.2, 0.25) is 0 Å². The third-order valence-electron chi connectivity index (χ3n) is 3.01. The molecule has 5 heteroatoms. The van der Waals surface area contributed by atoms with Gasteiger partial charge in [-0.2, -0.15) is 0 Å². The van der Waals surface area contributed by atoms with Crippen LogP contribution in [0.1, 0.15) is 26.1 Å². The number of fused-ring (bicyclic) bond motifs is 1. The molecule has 2 rings (SSSR count). The highest BCUT2D eigenvalue weighted by atomic mass is 32.1. The zero-order valence-electron chi connectivity index (χ0n) is 11.3. The molecule has 0 bridgehead atoms. The number of aromatic nitrogens is 2. The Morgan fingerprint density at radius 1 is 1.42 bits per heavy atom. The fraction of sp³-hybridized carbons (Fsp3) is 0.429. The second kappa shape index (κ2) is 5.27.